The monoisotopic (exact) mass is 408 g/mol. The number of carbonyl (C=O) groups is 2. The fraction of sp³-hybridized carbons (Fsp3) is 0.875. The molecule has 4 nitrogen and oxygen atoms in total. The van der Waals surface area contributed by atoms with Crippen LogP contribution in [0.2, 0.25) is 9.88 Å². The van der Waals surface area contributed by atoms with Crippen LogP contribution < -0.4 is 0 Å². The molecule has 0 heterocycles. The second kappa shape index (κ2) is 12.4. The molecule has 0 aliphatic heterocycles. The van der Waals surface area contributed by atoms with Gasteiger partial charge in [0.15, 0.2) is 0 Å². The second-order valence-electron chi connectivity index (χ2n) is 6.11. The summed E-state index contributed by atoms with van der Waals surface area (Å²) >= 11 is -2.93. The first-order chi connectivity index (χ1) is 9.87. The zero-order valence-corrected chi connectivity index (χ0v) is 17.1. The number of ketones is 1. The summed E-state index contributed by atoms with van der Waals surface area (Å²) in [7, 11) is 1.62. The Labute approximate surface area is 134 Å². The van der Waals surface area contributed by atoms with E-state index in [1.165, 1.54) is 25.7 Å². The molecule has 0 saturated heterocycles. The number of rotatable bonds is 13. The Balaban J connectivity index is 3.33. The molecule has 0 atom stereocenters. The van der Waals surface area contributed by atoms with Crippen LogP contribution in [0.4, 0.5) is 0 Å². The molecule has 0 fully saturated rings. The van der Waals surface area contributed by atoms with Crippen LogP contribution in [0.1, 0.15) is 71.1 Å². The Kier molecular flexibility index (Phi) is 12.4. The summed E-state index contributed by atoms with van der Waals surface area (Å²) in [6.07, 6.45) is 10.3. The van der Waals surface area contributed by atoms with E-state index in [9.17, 15) is 9.59 Å². The van der Waals surface area contributed by atoms with E-state index in [1.807, 2.05) is 9.88 Å². The summed E-state index contributed by atoms with van der Waals surface area (Å²) in [4.78, 5) is 26.3. The molecule has 0 aromatic rings. The average Bonchev–Trinajstić information content (AvgIpc) is 2.40. The number of carbonyl (C=O) groups excluding carboxylic acids is 2. The van der Waals surface area contributed by atoms with Gasteiger partial charge in [-0.25, -0.2) is 0 Å². The minimum atomic E-state index is -2.93. The van der Waals surface area contributed by atoms with Crippen LogP contribution >= 0.6 is 0 Å². The summed E-state index contributed by atoms with van der Waals surface area (Å²) in [6, 6.07) is 0. The molecule has 0 aliphatic rings. The first-order valence-corrected chi connectivity index (χ1v) is 16.2. The van der Waals surface area contributed by atoms with Gasteiger partial charge in [0.25, 0.3) is 0 Å². The fourth-order valence-electron chi connectivity index (χ4n) is 2.07. The standard InChI is InChI=1S/C13H24O3.CH3O.2CH3.Sn/c1-12(14)10-8-6-4-2-3-5-7-9-11-13(15)16;1-2;;;/h2-11H2,1H3,(H,15,16);1H3;2*1H3;/q;-1;;;+2/p-1. The maximum absolute atomic E-state index is 11.6. The van der Waals surface area contributed by atoms with Gasteiger partial charge in [-0.2, -0.15) is 0 Å². The minimum Gasteiger partial charge on any atom is -0.300 e. The normalized spacial score (nSPS) is 11.4. The Bertz CT molecular complexity index is 303. The van der Waals surface area contributed by atoms with Crippen molar-refractivity contribution in [2.45, 2.75) is 81.0 Å². The molecule has 0 aliphatic carbocycles. The van der Waals surface area contributed by atoms with Gasteiger partial charge in [-0.1, -0.05) is 0 Å². The van der Waals surface area contributed by atoms with Gasteiger partial charge in [-0.05, 0) is 6.92 Å². The van der Waals surface area contributed by atoms with Crippen LogP contribution in [0.5, 0.6) is 0 Å². The molecule has 0 amide bonds. The molecule has 0 saturated carbocycles. The average molecular weight is 407 g/mol. The number of hydrogen-bond donors (Lipinski definition) is 0. The van der Waals surface area contributed by atoms with E-state index >= 15 is 0 Å². The van der Waals surface area contributed by atoms with Crippen molar-refractivity contribution in [1.82, 2.24) is 0 Å². The summed E-state index contributed by atoms with van der Waals surface area (Å²) in [6.45, 7) is 1.66. The number of Topliss-reactive ketones (excluding diaryl/α,β-unsaturated/α-hetero) is 1. The summed E-state index contributed by atoms with van der Waals surface area (Å²) < 4.78 is 10.7. The van der Waals surface area contributed by atoms with Crippen LogP contribution in [-0.4, -0.2) is 38.1 Å². The van der Waals surface area contributed by atoms with Crippen LogP contribution in [0.25, 0.3) is 0 Å². The Morgan fingerprint density at radius 2 is 1.24 bits per heavy atom. The molecular weight excluding hydrogens is 375 g/mol. The van der Waals surface area contributed by atoms with Gasteiger partial charge in [0.05, 0.1) is 0 Å². The molecule has 0 bridgehead atoms. The zero-order chi connectivity index (χ0) is 16.1. The van der Waals surface area contributed by atoms with Gasteiger partial charge in [-0.15, -0.1) is 0 Å². The minimum absolute atomic E-state index is 0.0955. The van der Waals surface area contributed by atoms with Gasteiger partial charge >= 0.3 is 117 Å². The zero-order valence-electron chi connectivity index (χ0n) is 14.2. The summed E-state index contributed by atoms with van der Waals surface area (Å²) in [5.41, 5.74) is 0. The first-order valence-electron chi connectivity index (χ1n) is 8.14. The summed E-state index contributed by atoms with van der Waals surface area (Å²) in [5, 5.41) is 0. The first kappa shape index (κ1) is 20.9. The van der Waals surface area contributed by atoms with Crippen LogP contribution in [0.15, 0.2) is 0 Å². The molecule has 0 unspecified atom stereocenters. The van der Waals surface area contributed by atoms with E-state index in [-0.39, 0.29) is 5.97 Å². The second-order valence-corrected chi connectivity index (χ2v) is 15.8. The quantitative estimate of drug-likeness (QED) is 0.336. The molecule has 0 radical (unpaired) electrons. The van der Waals surface area contributed by atoms with Gasteiger partial charge < -0.3 is 4.79 Å². The predicted octanol–water partition coefficient (Wildman–Crippen LogP) is 4.37. The van der Waals surface area contributed by atoms with Crippen LogP contribution in [0, 0.1) is 0 Å². The van der Waals surface area contributed by atoms with E-state index < -0.39 is 19.2 Å². The van der Waals surface area contributed by atoms with E-state index in [2.05, 4.69) is 0 Å². The number of unbranched alkanes of at least 4 members (excludes halogenated alkanes) is 7. The van der Waals surface area contributed by atoms with Crippen molar-refractivity contribution in [3.8, 4) is 0 Å². The van der Waals surface area contributed by atoms with Crippen molar-refractivity contribution in [3.05, 3.63) is 0 Å². The molecule has 0 aromatic heterocycles. The van der Waals surface area contributed by atoms with Crippen molar-refractivity contribution in [1.29, 1.82) is 0 Å². The SMILES string of the molecule is C[O][Sn]([CH3])([CH3])[O]C(=O)CCCCCCCCCCC(C)=O. The molecular formula is C16H32O4Sn. The summed E-state index contributed by atoms with van der Waals surface area (Å²) in [5.74, 6) is 0.199. The molecule has 21 heavy (non-hydrogen) atoms. The maximum atomic E-state index is 11.6. The van der Waals surface area contributed by atoms with Gasteiger partial charge in [0.2, 0.25) is 0 Å². The Hall–Kier alpha value is -0.101. The van der Waals surface area contributed by atoms with Gasteiger partial charge in [-0.3, -0.25) is 0 Å². The topological polar surface area (TPSA) is 52.6 Å². The molecule has 124 valence electrons. The van der Waals surface area contributed by atoms with Crippen LogP contribution in [0.3, 0.4) is 0 Å². The van der Waals surface area contributed by atoms with E-state index in [0.717, 1.165) is 32.1 Å². The van der Waals surface area contributed by atoms with Crippen molar-refractivity contribution >= 4 is 31.0 Å². The third-order valence-corrected chi connectivity index (χ3v) is 8.37. The third-order valence-electron chi connectivity index (χ3n) is 3.51. The molecule has 0 rings (SSSR count). The van der Waals surface area contributed by atoms with Crippen LogP contribution in [-0.2, 0) is 15.7 Å². The van der Waals surface area contributed by atoms with Crippen molar-refractivity contribution < 1.29 is 15.7 Å². The smallest absolute Gasteiger partial charge is 0.300 e. The number of hydrogen-bond acceptors (Lipinski definition) is 4. The van der Waals surface area contributed by atoms with Crippen molar-refractivity contribution in [3.63, 3.8) is 0 Å². The van der Waals surface area contributed by atoms with E-state index in [0.29, 0.717) is 12.2 Å². The Morgan fingerprint density at radius 3 is 1.67 bits per heavy atom. The van der Waals surface area contributed by atoms with Gasteiger partial charge in [0, 0.05) is 0 Å². The molecule has 0 spiro atoms. The van der Waals surface area contributed by atoms with Crippen molar-refractivity contribution in [2.75, 3.05) is 7.11 Å². The fourth-order valence-corrected chi connectivity index (χ4v) is 4.16. The molecule has 0 N–H and O–H groups in total. The Morgan fingerprint density at radius 1 is 0.810 bits per heavy atom. The predicted molar refractivity (Wildman–Crippen MR) is 87.4 cm³/mol. The molecule has 0 aromatic carbocycles. The van der Waals surface area contributed by atoms with E-state index in [4.69, 9.17) is 6.15 Å². The molecule has 5 heteroatoms. The van der Waals surface area contributed by atoms with E-state index in [1.54, 1.807) is 14.0 Å². The third kappa shape index (κ3) is 14.6. The van der Waals surface area contributed by atoms with Crippen molar-refractivity contribution in [2.24, 2.45) is 0 Å². The van der Waals surface area contributed by atoms with Gasteiger partial charge in [0.1, 0.15) is 5.78 Å².